The first-order valence-corrected chi connectivity index (χ1v) is 8.38. The van der Waals surface area contributed by atoms with Crippen molar-refractivity contribution in [1.29, 1.82) is 0 Å². The average molecular weight is 326 g/mol. The molecule has 1 heterocycles. The van der Waals surface area contributed by atoms with Gasteiger partial charge in [0, 0.05) is 31.9 Å². The Kier molecular flexibility index (Phi) is 7.60. The first-order valence-electron chi connectivity index (χ1n) is 8.38. The lowest BCUT2D eigenvalue weighted by atomic mass is 10.1. The van der Waals surface area contributed by atoms with Crippen LogP contribution in [-0.2, 0) is 13.0 Å². The van der Waals surface area contributed by atoms with E-state index in [2.05, 4.69) is 44.9 Å². The molecule has 0 aliphatic carbocycles. The lowest BCUT2D eigenvalue weighted by Crippen LogP contribution is -2.37. The summed E-state index contributed by atoms with van der Waals surface area (Å²) in [6, 6.07) is 14.4. The smallest absolute Gasteiger partial charge is 0.218 e. The normalized spacial score (nSPS) is 11.2. The number of guanidine groups is 1. The Morgan fingerprint density at radius 3 is 2.71 bits per heavy atom. The number of hydrogen-bond donors (Lipinski definition) is 2. The van der Waals surface area contributed by atoms with Crippen molar-refractivity contribution in [3.05, 3.63) is 59.8 Å². The maximum absolute atomic E-state index is 5.54. The van der Waals surface area contributed by atoms with Gasteiger partial charge in [0.05, 0.1) is 6.61 Å². The topological polar surface area (TPSA) is 58.5 Å². The van der Waals surface area contributed by atoms with Crippen molar-refractivity contribution >= 4 is 5.96 Å². The molecule has 0 bridgehead atoms. The standard InChI is InChI=1S/C19H26N4O/c1-3-24-18-17(12-8-13-21-18)15-23-19(20-2)22-14-7-11-16-9-5-4-6-10-16/h4-6,8-10,12-13H,3,7,11,14-15H2,1-2H3,(H2,20,22,23). The number of nitrogens with one attached hydrogen (secondary N) is 2. The first kappa shape index (κ1) is 17.8. The third kappa shape index (κ3) is 5.91. The van der Waals surface area contributed by atoms with Crippen LogP contribution in [0.15, 0.2) is 53.7 Å². The van der Waals surface area contributed by atoms with E-state index in [0.717, 1.165) is 30.9 Å². The van der Waals surface area contributed by atoms with E-state index in [1.54, 1.807) is 13.2 Å². The molecule has 128 valence electrons. The number of aliphatic imine (C=N–C) groups is 1. The second-order valence-corrected chi connectivity index (χ2v) is 5.34. The van der Waals surface area contributed by atoms with Gasteiger partial charge < -0.3 is 15.4 Å². The minimum absolute atomic E-state index is 0.608. The summed E-state index contributed by atoms with van der Waals surface area (Å²) in [5, 5.41) is 6.64. The fourth-order valence-electron chi connectivity index (χ4n) is 2.37. The zero-order valence-corrected chi connectivity index (χ0v) is 14.5. The van der Waals surface area contributed by atoms with Gasteiger partial charge in [-0.05, 0) is 31.4 Å². The minimum atomic E-state index is 0.608. The number of aromatic nitrogens is 1. The van der Waals surface area contributed by atoms with Crippen molar-refractivity contribution < 1.29 is 4.74 Å². The molecule has 2 aromatic rings. The highest BCUT2D eigenvalue weighted by Crippen LogP contribution is 2.13. The Morgan fingerprint density at radius 2 is 1.96 bits per heavy atom. The van der Waals surface area contributed by atoms with Crippen LogP contribution in [0.5, 0.6) is 5.88 Å². The molecule has 0 radical (unpaired) electrons. The van der Waals surface area contributed by atoms with E-state index in [0.29, 0.717) is 19.0 Å². The van der Waals surface area contributed by atoms with E-state index in [-0.39, 0.29) is 0 Å². The number of benzene rings is 1. The van der Waals surface area contributed by atoms with Crippen LogP contribution in [0.2, 0.25) is 0 Å². The number of nitrogens with zero attached hydrogens (tertiary/aromatic N) is 2. The number of rotatable bonds is 8. The summed E-state index contributed by atoms with van der Waals surface area (Å²) in [5.41, 5.74) is 2.38. The van der Waals surface area contributed by atoms with Gasteiger partial charge in [0.2, 0.25) is 5.88 Å². The molecule has 0 spiro atoms. The van der Waals surface area contributed by atoms with Crippen LogP contribution < -0.4 is 15.4 Å². The quantitative estimate of drug-likeness (QED) is 0.445. The summed E-state index contributed by atoms with van der Waals surface area (Å²) in [7, 11) is 1.78. The summed E-state index contributed by atoms with van der Waals surface area (Å²) in [5.74, 6) is 1.46. The van der Waals surface area contributed by atoms with Gasteiger partial charge in [-0.25, -0.2) is 4.98 Å². The van der Waals surface area contributed by atoms with Gasteiger partial charge in [0.25, 0.3) is 0 Å². The Hall–Kier alpha value is -2.56. The third-order valence-electron chi connectivity index (χ3n) is 3.58. The zero-order chi connectivity index (χ0) is 17.0. The highest BCUT2D eigenvalue weighted by Gasteiger charge is 2.05. The van der Waals surface area contributed by atoms with Gasteiger partial charge in [-0.2, -0.15) is 0 Å². The Labute approximate surface area is 144 Å². The lowest BCUT2D eigenvalue weighted by molar-refractivity contribution is 0.322. The summed E-state index contributed by atoms with van der Waals surface area (Å²) in [4.78, 5) is 8.52. The highest BCUT2D eigenvalue weighted by molar-refractivity contribution is 5.79. The van der Waals surface area contributed by atoms with Crippen LogP contribution >= 0.6 is 0 Å². The van der Waals surface area contributed by atoms with Crippen LogP contribution in [0.1, 0.15) is 24.5 Å². The molecule has 5 heteroatoms. The summed E-state index contributed by atoms with van der Waals surface area (Å²) in [6.45, 7) is 4.07. The van der Waals surface area contributed by atoms with Gasteiger partial charge in [-0.1, -0.05) is 36.4 Å². The Morgan fingerprint density at radius 1 is 1.12 bits per heavy atom. The van der Waals surface area contributed by atoms with E-state index in [1.807, 2.05) is 25.1 Å². The number of ether oxygens (including phenoxy) is 1. The van der Waals surface area contributed by atoms with Crippen LogP contribution in [0.4, 0.5) is 0 Å². The zero-order valence-electron chi connectivity index (χ0n) is 14.5. The molecule has 0 saturated heterocycles. The molecule has 0 saturated carbocycles. The van der Waals surface area contributed by atoms with Gasteiger partial charge >= 0.3 is 0 Å². The van der Waals surface area contributed by atoms with E-state index < -0.39 is 0 Å². The number of hydrogen-bond acceptors (Lipinski definition) is 3. The van der Waals surface area contributed by atoms with E-state index >= 15 is 0 Å². The van der Waals surface area contributed by atoms with E-state index in [9.17, 15) is 0 Å². The molecule has 0 atom stereocenters. The maximum Gasteiger partial charge on any atom is 0.218 e. The van der Waals surface area contributed by atoms with Crippen molar-refractivity contribution in [2.24, 2.45) is 4.99 Å². The second kappa shape index (κ2) is 10.3. The molecule has 1 aromatic carbocycles. The fourth-order valence-corrected chi connectivity index (χ4v) is 2.37. The van der Waals surface area contributed by atoms with E-state index in [1.165, 1.54) is 5.56 Å². The lowest BCUT2D eigenvalue weighted by Gasteiger charge is -2.13. The van der Waals surface area contributed by atoms with Crippen molar-refractivity contribution in [2.75, 3.05) is 20.2 Å². The molecule has 2 rings (SSSR count). The molecule has 0 unspecified atom stereocenters. The highest BCUT2D eigenvalue weighted by atomic mass is 16.5. The van der Waals surface area contributed by atoms with Crippen molar-refractivity contribution in [2.45, 2.75) is 26.3 Å². The summed E-state index contributed by atoms with van der Waals surface area (Å²) >= 11 is 0. The molecule has 0 aliphatic heterocycles. The molecule has 1 aromatic heterocycles. The summed E-state index contributed by atoms with van der Waals surface area (Å²) in [6.07, 6.45) is 3.86. The van der Waals surface area contributed by atoms with Crippen LogP contribution in [0, 0.1) is 0 Å². The largest absolute Gasteiger partial charge is 0.478 e. The van der Waals surface area contributed by atoms with Crippen LogP contribution in [-0.4, -0.2) is 31.1 Å². The maximum atomic E-state index is 5.54. The molecular weight excluding hydrogens is 300 g/mol. The molecule has 0 fully saturated rings. The van der Waals surface area contributed by atoms with Gasteiger partial charge in [0.15, 0.2) is 5.96 Å². The average Bonchev–Trinajstić information content (AvgIpc) is 2.63. The molecule has 2 N–H and O–H groups in total. The second-order valence-electron chi connectivity index (χ2n) is 5.34. The predicted octanol–water partition coefficient (Wildman–Crippen LogP) is 2.78. The number of pyridine rings is 1. The SMILES string of the molecule is CCOc1ncccc1CNC(=NC)NCCCc1ccccc1. The molecule has 5 nitrogen and oxygen atoms in total. The van der Waals surface area contributed by atoms with Crippen molar-refractivity contribution in [3.8, 4) is 5.88 Å². The summed E-state index contributed by atoms with van der Waals surface area (Å²) < 4.78 is 5.54. The van der Waals surface area contributed by atoms with Gasteiger partial charge in [0.1, 0.15) is 0 Å². The third-order valence-corrected chi connectivity index (χ3v) is 3.58. The van der Waals surface area contributed by atoms with Gasteiger partial charge in [-0.15, -0.1) is 0 Å². The molecular formula is C19H26N4O. The van der Waals surface area contributed by atoms with Gasteiger partial charge in [-0.3, -0.25) is 4.99 Å². The van der Waals surface area contributed by atoms with Crippen LogP contribution in [0.25, 0.3) is 0 Å². The Bertz CT molecular complexity index is 628. The fraction of sp³-hybridized carbons (Fsp3) is 0.368. The molecule has 0 amide bonds. The van der Waals surface area contributed by atoms with Crippen molar-refractivity contribution in [1.82, 2.24) is 15.6 Å². The minimum Gasteiger partial charge on any atom is -0.478 e. The molecule has 24 heavy (non-hydrogen) atoms. The first-order chi connectivity index (χ1) is 11.8. The predicted molar refractivity (Wildman–Crippen MR) is 98.4 cm³/mol. The van der Waals surface area contributed by atoms with Crippen molar-refractivity contribution in [3.63, 3.8) is 0 Å². The Balaban J connectivity index is 1.74. The van der Waals surface area contributed by atoms with Crippen LogP contribution in [0.3, 0.4) is 0 Å². The number of aryl methyl sites for hydroxylation is 1. The van der Waals surface area contributed by atoms with E-state index in [4.69, 9.17) is 4.74 Å². The monoisotopic (exact) mass is 326 g/mol. The molecule has 0 aliphatic rings.